The molecule has 4 heterocycles. The van der Waals surface area contributed by atoms with Crippen LogP contribution in [0.2, 0.25) is 0 Å². The van der Waals surface area contributed by atoms with Crippen molar-refractivity contribution in [3.05, 3.63) is 57.8 Å². The number of aromatic nitrogens is 1. The number of hydrogen-bond donors (Lipinski definition) is 1. The molecule has 0 bridgehead atoms. The van der Waals surface area contributed by atoms with Gasteiger partial charge < -0.3 is 9.80 Å². The van der Waals surface area contributed by atoms with Gasteiger partial charge >= 0.3 is 0 Å². The summed E-state index contributed by atoms with van der Waals surface area (Å²) in [5.74, 6) is -0.770. The second-order valence-corrected chi connectivity index (χ2v) is 9.34. The van der Waals surface area contributed by atoms with Crippen LogP contribution in [0, 0.1) is 0 Å². The third kappa shape index (κ3) is 4.02. The number of imide groups is 1. The molecular weight excluding hydrogens is 474 g/mol. The normalized spacial score (nSPS) is 21.7. The van der Waals surface area contributed by atoms with Crippen LogP contribution in [0.15, 0.2) is 41.1 Å². The van der Waals surface area contributed by atoms with Crippen LogP contribution in [0.4, 0.5) is 5.69 Å². The van der Waals surface area contributed by atoms with E-state index in [2.05, 4.69) is 42.1 Å². The van der Waals surface area contributed by atoms with Crippen molar-refractivity contribution in [1.29, 1.82) is 0 Å². The smallest absolute Gasteiger partial charge is 0.255 e. The van der Waals surface area contributed by atoms with Crippen molar-refractivity contribution < 1.29 is 14.4 Å². The van der Waals surface area contributed by atoms with E-state index in [4.69, 9.17) is 0 Å². The quantitative estimate of drug-likeness (QED) is 0.649. The van der Waals surface area contributed by atoms with Crippen LogP contribution in [-0.4, -0.2) is 64.7 Å². The van der Waals surface area contributed by atoms with Crippen LogP contribution < -0.4 is 10.2 Å². The fourth-order valence-electron chi connectivity index (χ4n) is 4.76. The van der Waals surface area contributed by atoms with Crippen LogP contribution >= 0.6 is 15.9 Å². The highest BCUT2D eigenvalue weighted by Gasteiger charge is 2.39. The zero-order valence-corrected chi connectivity index (χ0v) is 19.2. The Kier molecular flexibility index (Phi) is 5.69. The minimum absolute atomic E-state index is 0.127. The monoisotopic (exact) mass is 497 g/mol. The van der Waals surface area contributed by atoms with E-state index in [0.717, 1.165) is 42.8 Å². The van der Waals surface area contributed by atoms with Crippen molar-refractivity contribution in [2.24, 2.45) is 0 Å². The third-order valence-corrected chi connectivity index (χ3v) is 7.07. The first-order valence-electron chi connectivity index (χ1n) is 10.8. The van der Waals surface area contributed by atoms with Crippen molar-refractivity contribution in [2.75, 3.05) is 31.1 Å². The molecule has 3 aliphatic rings. The second kappa shape index (κ2) is 8.63. The maximum absolute atomic E-state index is 12.9. The molecule has 0 saturated carbocycles. The number of piperazine rings is 1. The molecular formula is C23H24BrN5O3. The molecule has 8 nitrogen and oxygen atoms in total. The summed E-state index contributed by atoms with van der Waals surface area (Å²) < 4.78 is 1.01. The molecule has 2 aromatic rings. The molecule has 1 atom stereocenters. The second-order valence-electron chi connectivity index (χ2n) is 8.48. The number of nitrogens with zero attached hydrogens (tertiary/aromatic N) is 4. The largest absolute Gasteiger partial charge is 0.368 e. The Morgan fingerprint density at radius 2 is 1.91 bits per heavy atom. The number of amides is 3. The average Bonchev–Trinajstić information content (AvgIpc) is 3.10. The number of hydrogen-bond acceptors (Lipinski definition) is 6. The Labute approximate surface area is 194 Å². The van der Waals surface area contributed by atoms with Gasteiger partial charge in [0.15, 0.2) is 0 Å². The summed E-state index contributed by atoms with van der Waals surface area (Å²) in [5, 5.41) is 2.35. The molecule has 3 amide bonds. The number of benzene rings is 1. The van der Waals surface area contributed by atoms with Crippen LogP contribution in [0.5, 0.6) is 0 Å². The van der Waals surface area contributed by atoms with Crippen molar-refractivity contribution in [2.45, 2.75) is 32.0 Å². The number of carbonyl (C=O) groups excluding carboxylic acids is 3. The molecule has 2 saturated heterocycles. The Balaban J connectivity index is 1.22. The molecule has 32 heavy (non-hydrogen) atoms. The zero-order chi connectivity index (χ0) is 22.2. The Hall–Kier alpha value is -2.78. The number of anilines is 1. The number of pyridine rings is 1. The lowest BCUT2D eigenvalue weighted by Crippen LogP contribution is -2.52. The first kappa shape index (κ1) is 21.1. The lowest BCUT2D eigenvalue weighted by atomic mass is 10.0. The lowest BCUT2D eigenvalue weighted by molar-refractivity contribution is -0.136. The first-order chi connectivity index (χ1) is 15.5. The molecule has 166 valence electrons. The van der Waals surface area contributed by atoms with Gasteiger partial charge in [-0.25, -0.2) is 0 Å². The van der Waals surface area contributed by atoms with Crippen LogP contribution in [0.1, 0.15) is 34.3 Å². The maximum Gasteiger partial charge on any atom is 0.255 e. The van der Waals surface area contributed by atoms with Crippen molar-refractivity contribution >= 4 is 39.3 Å². The maximum atomic E-state index is 12.9. The van der Waals surface area contributed by atoms with Gasteiger partial charge in [0.1, 0.15) is 6.04 Å². The Bertz CT molecular complexity index is 1080. The lowest BCUT2D eigenvalue weighted by Gasteiger charge is -2.36. The summed E-state index contributed by atoms with van der Waals surface area (Å²) in [6, 6.07) is 7.44. The molecule has 1 aromatic heterocycles. The molecule has 2 fully saturated rings. The van der Waals surface area contributed by atoms with Gasteiger partial charge in [-0.15, -0.1) is 0 Å². The topological polar surface area (TPSA) is 85.9 Å². The summed E-state index contributed by atoms with van der Waals surface area (Å²) in [4.78, 5) is 47.0. The fourth-order valence-corrected chi connectivity index (χ4v) is 5.26. The van der Waals surface area contributed by atoms with Gasteiger partial charge in [-0.1, -0.05) is 12.1 Å². The van der Waals surface area contributed by atoms with E-state index in [-0.39, 0.29) is 24.1 Å². The van der Waals surface area contributed by atoms with Crippen molar-refractivity contribution in [1.82, 2.24) is 20.1 Å². The van der Waals surface area contributed by atoms with E-state index in [1.165, 1.54) is 11.3 Å². The van der Waals surface area contributed by atoms with Gasteiger partial charge in [0.2, 0.25) is 11.8 Å². The Morgan fingerprint density at radius 3 is 2.66 bits per heavy atom. The predicted molar refractivity (Wildman–Crippen MR) is 122 cm³/mol. The molecule has 5 rings (SSSR count). The molecule has 0 radical (unpaired) electrons. The highest BCUT2D eigenvalue weighted by Crippen LogP contribution is 2.29. The van der Waals surface area contributed by atoms with Gasteiger partial charge in [0.25, 0.3) is 5.91 Å². The van der Waals surface area contributed by atoms with Gasteiger partial charge in [-0.05, 0) is 45.6 Å². The van der Waals surface area contributed by atoms with Gasteiger partial charge in [-0.3, -0.25) is 29.6 Å². The standard InChI is InChI=1S/C23H24BrN5O3/c24-18-12-25-6-5-19(18)28-9-7-27(8-10-28)13-15-1-2-17-16(11-15)14-29(23(17)32)20-3-4-21(30)26-22(20)31/h1-2,5-6,11-12,20H,3-4,7-10,13-14H2,(H,26,30,31). The van der Waals surface area contributed by atoms with Crippen molar-refractivity contribution in [3.8, 4) is 0 Å². The summed E-state index contributed by atoms with van der Waals surface area (Å²) in [7, 11) is 0. The number of piperidine rings is 1. The number of fused-ring (bicyclic) bond motifs is 1. The zero-order valence-electron chi connectivity index (χ0n) is 17.6. The molecule has 0 spiro atoms. The van der Waals surface area contributed by atoms with Gasteiger partial charge in [0, 0.05) is 63.6 Å². The number of nitrogens with one attached hydrogen (secondary N) is 1. The molecule has 0 aliphatic carbocycles. The van der Waals surface area contributed by atoms with E-state index >= 15 is 0 Å². The number of rotatable bonds is 4. The SMILES string of the molecule is O=C1CCC(N2Cc3cc(CN4CCN(c5ccncc5Br)CC4)ccc3C2=O)C(=O)N1. The molecule has 9 heteroatoms. The minimum atomic E-state index is -0.573. The van der Waals surface area contributed by atoms with Crippen molar-refractivity contribution in [3.63, 3.8) is 0 Å². The predicted octanol–water partition coefficient (Wildman–Crippen LogP) is 1.93. The van der Waals surface area contributed by atoms with E-state index in [0.29, 0.717) is 18.5 Å². The van der Waals surface area contributed by atoms with Crippen LogP contribution in [0.3, 0.4) is 0 Å². The average molecular weight is 498 g/mol. The van der Waals surface area contributed by atoms with E-state index in [1.54, 1.807) is 4.90 Å². The minimum Gasteiger partial charge on any atom is -0.368 e. The van der Waals surface area contributed by atoms with Gasteiger partial charge in [-0.2, -0.15) is 0 Å². The summed E-state index contributed by atoms with van der Waals surface area (Å²) in [6.07, 6.45) is 4.29. The van der Waals surface area contributed by atoms with Crippen LogP contribution in [0.25, 0.3) is 0 Å². The van der Waals surface area contributed by atoms with E-state index in [9.17, 15) is 14.4 Å². The van der Waals surface area contributed by atoms with E-state index in [1.807, 2.05) is 30.6 Å². The number of halogens is 1. The summed E-state index contributed by atoms with van der Waals surface area (Å²) >= 11 is 3.58. The number of carbonyl (C=O) groups is 3. The fraction of sp³-hybridized carbons (Fsp3) is 0.391. The molecule has 3 aliphatic heterocycles. The highest BCUT2D eigenvalue weighted by atomic mass is 79.9. The first-order valence-corrected chi connectivity index (χ1v) is 11.6. The summed E-state index contributed by atoms with van der Waals surface area (Å²) in [6.45, 7) is 5.02. The summed E-state index contributed by atoms with van der Waals surface area (Å²) in [5.41, 5.74) is 3.95. The van der Waals surface area contributed by atoms with Crippen LogP contribution in [-0.2, 0) is 22.7 Å². The van der Waals surface area contributed by atoms with E-state index < -0.39 is 6.04 Å². The third-order valence-electron chi connectivity index (χ3n) is 6.46. The molecule has 1 N–H and O–H groups in total. The molecule has 1 unspecified atom stereocenters. The molecule has 1 aromatic carbocycles. The van der Waals surface area contributed by atoms with Gasteiger partial charge in [0.05, 0.1) is 10.2 Å². The highest BCUT2D eigenvalue weighted by molar-refractivity contribution is 9.10. The Morgan fingerprint density at radius 1 is 1.09 bits per heavy atom.